The third-order valence-electron chi connectivity index (χ3n) is 4.32. The van der Waals surface area contributed by atoms with Crippen molar-refractivity contribution in [1.29, 1.82) is 5.26 Å². The Labute approximate surface area is 105 Å². The lowest BCUT2D eigenvalue weighted by Crippen LogP contribution is -2.42. The van der Waals surface area contributed by atoms with Gasteiger partial charge in [0.1, 0.15) is 5.41 Å². The van der Waals surface area contributed by atoms with Crippen molar-refractivity contribution in [3.63, 3.8) is 0 Å². The van der Waals surface area contributed by atoms with E-state index in [4.69, 9.17) is 0 Å². The van der Waals surface area contributed by atoms with Crippen molar-refractivity contribution in [2.75, 3.05) is 0 Å². The van der Waals surface area contributed by atoms with Gasteiger partial charge in [-0.05, 0) is 17.9 Å². The number of carboxylic acids is 1. The largest absolute Gasteiger partial charge is 0.481 e. The van der Waals surface area contributed by atoms with Crippen molar-refractivity contribution in [1.82, 2.24) is 0 Å². The zero-order chi connectivity index (χ0) is 12.8. The monoisotopic (exact) mass is 239 g/mol. The summed E-state index contributed by atoms with van der Waals surface area (Å²) < 4.78 is 0. The summed E-state index contributed by atoms with van der Waals surface area (Å²) in [6, 6.07) is 11.7. The second-order valence-corrected chi connectivity index (χ2v) is 5.05. The van der Waals surface area contributed by atoms with E-state index in [-0.39, 0.29) is 11.8 Å². The van der Waals surface area contributed by atoms with Gasteiger partial charge in [-0.25, -0.2) is 0 Å². The van der Waals surface area contributed by atoms with Crippen LogP contribution in [0.5, 0.6) is 0 Å². The molecule has 3 heteroatoms. The summed E-state index contributed by atoms with van der Waals surface area (Å²) in [6.07, 6.45) is 4.75. The molecule has 2 aliphatic carbocycles. The smallest absolute Gasteiger partial charge is 0.309 e. The number of hydrogen-bond acceptors (Lipinski definition) is 2. The highest BCUT2D eigenvalue weighted by atomic mass is 16.4. The molecule has 0 radical (unpaired) electrons. The predicted molar refractivity (Wildman–Crippen MR) is 65.6 cm³/mol. The van der Waals surface area contributed by atoms with Gasteiger partial charge in [0, 0.05) is 5.92 Å². The zero-order valence-corrected chi connectivity index (χ0v) is 9.78. The summed E-state index contributed by atoms with van der Waals surface area (Å²) in [5.74, 6) is -1.47. The van der Waals surface area contributed by atoms with Crippen molar-refractivity contribution in [3.05, 3.63) is 48.0 Å². The Morgan fingerprint density at radius 2 is 2.06 bits per heavy atom. The molecular formula is C15H13NO2. The number of benzene rings is 1. The summed E-state index contributed by atoms with van der Waals surface area (Å²) >= 11 is 0. The normalized spacial score (nSPS) is 36.5. The Balaban J connectivity index is 2.20. The number of nitriles is 1. The average molecular weight is 239 g/mol. The Morgan fingerprint density at radius 1 is 1.33 bits per heavy atom. The molecular weight excluding hydrogens is 226 g/mol. The maximum absolute atomic E-state index is 11.6. The first-order chi connectivity index (χ1) is 8.70. The quantitative estimate of drug-likeness (QED) is 0.806. The lowest BCUT2D eigenvalue weighted by molar-refractivity contribution is -0.144. The fraction of sp³-hybridized carbons (Fsp3) is 0.333. The van der Waals surface area contributed by atoms with Crippen molar-refractivity contribution in [2.45, 2.75) is 11.8 Å². The van der Waals surface area contributed by atoms with E-state index in [1.54, 1.807) is 0 Å². The fourth-order valence-corrected chi connectivity index (χ4v) is 3.58. The van der Waals surface area contributed by atoms with Gasteiger partial charge in [0.05, 0.1) is 12.0 Å². The Hall–Kier alpha value is -2.08. The van der Waals surface area contributed by atoms with E-state index in [1.165, 1.54) is 0 Å². The standard InChI is InChI=1S/C15H13NO2/c16-9-15(11-4-2-1-3-5-11)12-7-6-10(8-12)13(15)14(17)18/h1-7,10,12-13H,8H2,(H,17,18). The van der Waals surface area contributed by atoms with Crippen LogP contribution in [0.2, 0.25) is 0 Å². The molecule has 3 rings (SSSR count). The molecule has 0 heterocycles. The number of allylic oxidation sites excluding steroid dienone is 2. The minimum Gasteiger partial charge on any atom is -0.481 e. The van der Waals surface area contributed by atoms with Crippen LogP contribution in [0.15, 0.2) is 42.5 Å². The van der Waals surface area contributed by atoms with Crippen LogP contribution in [0, 0.1) is 29.1 Å². The third kappa shape index (κ3) is 1.20. The molecule has 4 atom stereocenters. The number of hydrogen-bond donors (Lipinski definition) is 1. The highest BCUT2D eigenvalue weighted by Gasteiger charge is 2.60. The van der Waals surface area contributed by atoms with Gasteiger partial charge in [-0.15, -0.1) is 0 Å². The van der Waals surface area contributed by atoms with Crippen LogP contribution in [0.25, 0.3) is 0 Å². The summed E-state index contributed by atoms with van der Waals surface area (Å²) in [5.41, 5.74) is -0.0660. The van der Waals surface area contributed by atoms with Gasteiger partial charge in [-0.1, -0.05) is 42.5 Å². The Bertz CT molecular complexity index is 558. The van der Waals surface area contributed by atoms with Crippen LogP contribution in [0.3, 0.4) is 0 Å². The van der Waals surface area contributed by atoms with Crippen LogP contribution in [0.4, 0.5) is 0 Å². The van der Waals surface area contributed by atoms with E-state index in [1.807, 2.05) is 42.5 Å². The van der Waals surface area contributed by atoms with Crippen molar-refractivity contribution < 1.29 is 9.90 Å². The fourth-order valence-electron chi connectivity index (χ4n) is 3.58. The SMILES string of the molecule is N#CC1(c2ccccc2)C2C=CC(C2)C1C(=O)O. The van der Waals surface area contributed by atoms with E-state index in [0.717, 1.165) is 12.0 Å². The first-order valence-electron chi connectivity index (χ1n) is 6.08. The maximum atomic E-state index is 11.6. The lowest BCUT2D eigenvalue weighted by atomic mass is 9.65. The molecule has 4 unspecified atom stereocenters. The van der Waals surface area contributed by atoms with Crippen LogP contribution in [0.1, 0.15) is 12.0 Å². The van der Waals surface area contributed by atoms with Gasteiger partial charge in [-0.2, -0.15) is 5.26 Å². The minimum absolute atomic E-state index is 0.00708. The molecule has 0 aromatic heterocycles. The molecule has 1 aromatic rings. The number of aliphatic carboxylic acids is 1. The molecule has 2 aliphatic rings. The molecule has 0 amide bonds. The summed E-state index contributed by atoms with van der Waals surface area (Å²) in [5, 5.41) is 19.1. The van der Waals surface area contributed by atoms with E-state index in [0.29, 0.717) is 0 Å². The lowest BCUT2D eigenvalue weighted by Gasteiger charge is -2.34. The molecule has 0 saturated heterocycles. The minimum atomic E-state index is -0.896. The predicted octanol–water partition coefficient (Wildman–Crippen LogP) is 2.35. The number of rotatable bonds is 2. The molecule has 0 spiro atoms. The molecule has 90 valence electrons. The molecule has 1 N–H and O–H groups in total. The number of carbonyl (C=O) groups is 1. The first-order valence-corrected chi connectivity index (χ1v) is 6.08. The van der Waals surface area contributed by atoms with Gasteiger partial charge >= 0.3 is 5.97 Å². The molecule has 1 saturated carbocycles. The number of nitrogens with zero attached hydrogens (tertiary/aromatic N) is 1. The van der Waals surface area contributed by atoms with E-state index < -0.39 is 17.3 Å². The molecule has 3 nitrogen and oxygen atoms in total. The van der Waals surface area contributed by atoms with E-state index in [9.17, 15) is 15.2 Å². The van der Waals surface area contributed by atoms with Crippen molar-refractivity contribution in [2.24, 2.45) is 17.8 Å². The van der Waals surface area contributed by atoms with Crippen molar-refractivity contribution >= 4 is 5.97 Å². The van der Waals surface area contributed by atoms with E-state index >= 15 is 0 Å². The molecule has 2 bridgehead atoms. The van der Waals surface area contributed by atoms with Gasteiger partial charge in [0.15, 0.2) is 0 Å². The zero-order valence-electron chi connectivity index (χ0n) is 9.78. The Kier molecular flexibility index (Phi) is 2.27. The molecule has 1 aromatic carbocycles. The molecule has 18 heavy (non-hydrogen) atoms. The van der Waals surface area contributed by atoms with Gasteiger partial charge in [-0.3, -0.25) is 4.79 Å². The topological polar surface area (TPSA) is 61.1 Å². The summed E-state index contributed by atoms with van der Waals surface area (Å²) in [6.45, 7) is 0. The van der Waals surface area contributed by atoms with E-state index in [2.05, 4.69) is 6.07 Å². The number of carboxylic acid groups (broad SMARTS) is 1. The third-order valence-corrected chi connectivity index (χ3v) is 4.32. The van der Waals surface area contributed by atoms with Gasteiger partial charge in [0.25, 0.3) is 0 Å². The average Bonchev–Trinajstić information content (AvgIpc) is 2.98. The maximum Gasteiger partial charge on any atom is 0.309 e. The van der Waals surface area contributed by atoms with Crippen LogP contribution in [-0.4, -0.2) is 11.1 Å². The highest BCUT2D eigenvalue weighted by molar-refractivity contribution is 5.76. The van der Waals surface area contributed by atoms with Gasteiger partial charge < -0.3 is 5.11 Å². The second-order valence-electron chi connectivity index (χ2n) is 5.05. The summed E-state index contributed by atoms with van der Waals surface area (Å²) in [4.78, 5) is 11.6. The Morgan fingerprint density at radius 3 is 2.67 bits per heavy atom. The summed E-state index contributed by atoms with van der Waals surface area (Å²) in [7, 11) is 0. The van der Waals surface area contributed by atoms with Crippen LogP contribution >= 0.6 is 0 Å². The highest BCUT2D eigenvalue weighted by Crippen LogP contribution is 2.57. The van der Waals surface area contributed by atoms with Crippen LogP contribution < -0.4 is 0 Å². The van der Waals surface area contributed by atoms with Crippen molar-refractivity contribution in [3.8, 4) is 6.07 Å². The first kappa shape index (κ1) is 11.0. The van der Waals surface area contributed by atoms with Gasteiger partial charge in [0.2, 0.25) is 0 Å². The number of fused-ring (bicyclic) bond motifs is 2. The second kappa shape index (κ2) is 3.71. The molecule has 0 aliphatic heterocycles. The van der Waals surface area contributed by atoms with Crippen LogP contribution in [-0.2, 0) is 10.2 Å². The molecule has 1 fully saturated rings.